The summed E-state index contributed by atoms with van der Waals surface area (Å²) >= 11 is 0. The van der Waals surface area contributed by atoms with Gasteiger partial charge in [-0.3, -0.25) is 0 Å². The third-order valence-corrected chi connectivity index (χ3v) is 2.02. The number of para-hydroxylation sites is 1. The highest BCUT2D eigenvalue weighted by atomic mass is 16.7. The number of hydrogen-bond acceptors (Lipinski definition) is 4. The lowest BCUT2D eigenvalue weighted by Crippen LogP contribution is -2.07. The summed E-state index contributed by atoms with van der Waals surface area (Å²) in [4.78, 5) is 0. The van der Waals surface area contributed by atoms with Gasteiger partial charge in [-0.25, -0.2) is 0 Å². The lowest BCUT2D eigenvalue weighted by molar-refractivity contribution is 0.0484. The molecule has 4 nitrogen and oxygen atoms in total. The van der Waals surface area contributed by atoms with Gasteiger partial charge in [0, 0.05) is 7.11 Å². The molecule has 2 N–H and O–H groups in total. The van der Waals surface area contributed by atoms with Crippen LogP contribution in [0.1, 0.15) is 5.56 Å². The highest BCUT2D eigenvalue weighted by Gasteiger charge is 2.09. The fourth-order valence-electron chi connectivity index (χ4n) is 1.36. The van der Waals surface area contributed by atoms with Crippen LogP contribution in [0.4, 0.5) is 0 Å². The Kier molecular flexibility index (Phi) is 4.93. The van der Waals surface area contributed by atoms with Crippen LogP contribution in [0.3, 0.4) is 0 Å². The van der Waals surface area contributed by atoms with Gasteiger partial charge in [0.2, 0.25) is 0 Å². The largest absolute Gasteiger partial charge is 0.493 e. The average molecular weight is 211 g/mol. The van der Waals surface area contributed by atoms with E-state index in [-0.39, 0.29) is 6.79 Å². The number of ether oxygens (including phenoxy) is 3. The molecule has 0 aliphatic carbocycles. The molecule has 1 aromatic rings. The molecule has 0 fully saturated rings. The first-order valence-electron chi connectivity index (χ1n) is 4.81. The van der Waals surface area contributed by atoms with E-state index >= 15 is 0 Å². The number of benzene rings is 1. The van der Waals surface area contributed by atoms with E-state index in [1.807, 2.05) is 18.2 Å². The Bertz CT molecular complexity index is 302. The van der Waals surface area contributed by atoms with Crippen LogP contribution in [0.2, 0.25) is 0 Å². The van der Waals surface area contributed by atoms with Crippen LogP contribution in [-0.2, 0) is 11.2 Å². The van der Waals surface area contributed by atoms with Crippen molar-refractivity contribution in [2.24, 2.45) is 5.73 Å². The van der Waals surface area contributed by atoms with Crippen molar-refractivity contribution in [3.05, 3.63) is 23.8 Å². The lowest BCUT2D eigenvalue weighted by atomic mass is 10.1. The van der Waals surface area contributed by atoms with E-state index in [0.717, 1.165) is 12.0 Å². The molecule has 1 aromatic carbocycles. The van der Waals surface area contributed by atoms with E-state index < -0.39 is 0 Å². The molecule has 0 aliphatic rings. The highest BCUT2D eigenvalue weighted by molar-refractivity contribution is 5.46. The molecule has 84 valence electrons. The van der Waals surface area contributed by atoms with Gasteiger partial charge in [0.25, 0.3) is 0 Å². The maximum absolute atomic E-state index is 5.52. The molecular weight excluding hydrogens is 194 g/mol. The topological polar surface area (TPSA) is 53.7 Å². The fourth-order valence-corrected chi connectivity index (χ4v) is 1.36. The van der Waals surface area contributed by atoms with Crippen LogP contribution in [0.25, 0.3) is 0 Å². The van der Waals surface area contributed by atoms with Crippen molar-refractivity contribution in [2.45, 2.75) is 6.42 Å². The molecule has 0 aliphatic heterocycles. The van der Waals surface area contributed by atoms with E-state index in [0.29, 0.717) is 18.0 Å². The highest BCUT2D eigenvalue weighted by Crippen LogP contribution is 2.31. The monoisotopic (exact) mass is 211 g/mol. The van der Waals surface area contributed by atoms with E-state index in [2.05, 4.69) is 0 Å². The second kappa shape index (κ2) is 6.27. The van der Waals surface area contributed by atoms with Crippen molar-refractivity contribution >= 4 is 0 Å². The minimum absolute atomic E-state index is 0.206. The van der Waals surface area contributed by atoms with Crippen molar-refractivity contribution in [1.29, 1.82) is 0 Å². The van der Waals surface area contributed by atoms with Gasteiger partial charge < -0.3 is 19.9 Å². The third-order valence-electron chi connectivity index (χ3n) is 2.02. The molecule has 0 unspecified atom stereocenters. The van der Waals surface area contributed by atoms with Crippen molar-refractivity contribution in [1.82, 2.24) is 0 Å². The number of methoxy groups -OCH3 is 2. The molecule has 0 atom stereocenters. The summed E-state index contributed by atoms with van der Waals surface area (Å²) in [5, 5.41) is 0. The molecule has 0 bridgehead atoms. The smallest absolute Gasteiger partial charge is 0.188 e. The predicted octanol–water partition coefficient (Wildman–Crippen LogP) is 1.18. The minimum Gasteiger partial charge on any atom is -0.493 e. The van der Waals surface area contributed by atoms with Crippen LogP contribution in [0, 0.1) is 0 Å². The Labute approximate surface area is 89.9 Å². The quantitative estimate of drug-likeness (QED) is 0.718. The van der Waals surface area contributed by atoms with Gasteiger partial charge in [-0.05, 0) is 24.6 Å². The number of rotatable bonds is 6. The van der Waals surface area contributed by atoms with E-state index in [9.17, 15) is 0 Å². The van der Waals surface area contributed by atoms with Gasteiger partial charge in [-0.1, -0.05) is 12.1 Å². The van der Waals surface area contributed by atoms with Crippen LogP contribution in [-0.4, -0.2) is 27.6 Å². The fraction of sp³-hybridized carbons (Fsp3) is 0.455. The zero-order valence-corrected chi connectivity index (χ0v) is 9.16. The first kappa shape index (κ1) is 11.8. The molecule has 4 heteroatoms. The van der Waals surface area contributed by atoms with Crippen LogP contribution < -0.4 is 15.2 Å². The maximum atomic E-state index is 5.52. The molecule has 15 heavy (non-hydrogen) atoms. The molecule has 0 saturated carbocycles. The number of hydrogen-bond donors (Lipinski definition) is 1. The van der Waals surface area contributed by atoms with E-state index in [1.165, 1.54) is 0 Å². The van der Waals surface area contributed by atoms with Crippen molar-refractivity contribution in [2.75, 3.05) is 27.6 Å². The Morgan fingerprint density at radius 2 is 2.07 bits per heavy atom. The van der Waals surface area contributed by atoms with Crippen LogP contribution in [0.5, 0.6) is 11.5 Å². The zero-order valence-electron chi connectivity index (χ0n) is 9.16. The van der Waals surface area contributed by atoms with Crippen molar-refractivity contribution in [3.63, 3.8) is 0 Å². The predicted molar refractivity (Wildman–Crippen MR) is 58.3 cm³/mol. The second-order valence-electron chi connectivity index (χ2n) is 3.04. The first-order chi connectivity index (χ1) is 7.33. The maximum Gasteiger partial charge on any atom is 0.188 e. The molecule has 0 radical (unpaired) electrons. The molecule has 0 saturated heterocycles. The minimum atomic E-state index is 0.206. The van der Waals surface area contributed by atoms with E-state index in [4.69, 9.17) is 19.9 Å². The van der Waals surface area contributed by atoms with Gasteiger partial charge in [0.05, 0.1) is 7.11 Å². The van der Waals surface area contributed by atoms with Crippen molar-refractivity contribution in [3.8, 4) is 11.5 Å². The Morgan fingerprint density at radius 3 is 2.67 bits per heavy atom. The first-order valence-corrected chi connectivity index (χ1v) is 4.81. The van der Waals surface area contributed by atoms with Gasteiger partial charge in [0.15, 0.2) is 18.3 Å². The van der Waals surface area contributed by atoms with Crippen LogP contribution in [0.15, 0.2) is 18.2 Å². The summed E-state index contributed by atoms with van der Waals surface area (Å²) in [5.41, 5.74) is 6.56. The normalized spacial score (nSPS) is 10.1. The van der Waals surface area contributed by atoms with Gasteiger partial charge in [0.1, 0.15) is 0 Å². The molecule has 1 rings (SSSR count). The summed E-state index contributed by atoms with van der Waals surface area (Å²) in [5.74, 6) is 1.42. The Morgan fingerprint density at radius 1 is 1.27 bits per heavy atom. The molecule has 0 aromatic heterocycles. The lowest BCUT2D eigenvalue weighted by Gasteiger charge is -2.13. The second-order valence-corrected chi connectivity index (χ2v) is 3.04. The Balaban J connectivity index is 2.92. The molecule has 0 amide bonds. The average Bonchev–Trinajstić information content (AvgIpc) is 2.27. The number of nitrogens with two attached hydrogens (primary N) is 1. The summed E-state index contributed by atoms with van der Waals surface area (Å²) < 4.78 is 15.5. The van der Waals surface area contributed by atoms with E-state index in [1.54, 1.807) is 14.2 Å². The summed E-state index contributed by atoms with van der Waals surface area (Å²) in [7, 11) is 3.19. The van der Waals surface area contributed by atoms with Gasteiger partial charge in [-0.2, -0.15) is 0 Å². The summed E-state index contributed by atoms with van der Waals surface area (Å²) in [6, 6.07) is 5.74. The van der Waals surface area contributed by atoms with Crippen molar-refractivity contribution < 1.29 is 14.2 Å². The summed E-state index contributed by atoms with van der Waals surface area (Å²) in [6.45, 7) is 0.786. The summed E-state index contributed by atoms with van der Waals surface area (Å²) in [6.07, 6.45) is 0.760. The Hall–Kier alpha value is -1.26. The molecular formula is C11H17NO3. The third kappa shape index (κ3) is 3.11. The standard InChI is InChI=1S/C11H17NO3/c1-13-8-15-11-9(6-7-12)4-3-5-10(11)14-2/h3-5H,6-8,12H2,1-2H3. The SMILES string of the molecule is COCOc1c(CCN)cccc1OC. The van der Waals surface area contributed by atoms with Crippen LogP contribution >= 0.6 is 0 Å². The van der Waals surface area contributed by atoms with Gasteiger partial charge in [-0.15, -0.1) is 0 Å². The molecule has 0 heterocycles. The zero-order chi connectivity index (χ0) is 11.1. The molecule has 0 spiro atoms. The van der Waals surface area contributed by atoms with Gasteiger partial charge >= 0.3 is 0 Å².